The summed E-state index contributed by atoms with van der Waals surface area (Å²) in [5, 5.41) is 9.77. The van der Waals surface area contributed by atoms with Gasteiger partial charge < -0.3 is 10.6 Å². The summed E-state index contributed by atoms with van der Waals surface area (Å²) in [6.45, 7) is 8.16. The highest BCUT2D eigenvalue weighted by Gasteiger charge is 2.13. The second kappa shape index (κ2) is 7.72. The zero-order chi connectivity index (χ0) is 17.7. The third-order valence-electron chi connectivity index (χ3n) is 3.27. The van der Waals surface area contributed by atoms with E-state index in [-0.39, 0.29) is 35.3 Å². The van der Waals surface area contributed by atoms with Crippen LogP contribution < -0.4 is 10.6 Å². The van der Waals surface area contributed by atoms with Gasteiger partial charge in [-0.1, -0.05) is 6.07 Å². The Morgan fingerprint density at radius 2 is 1.79 bits per heavy atom. The van der Waals surface area contributed by atoms with Crippen molar-refractivity contribution >= 4 is 11.8 Å². The summed E-state index contributed by atoms with van der Waals surface area (Å²) in [5.41, 5.74) is 1.34. The summed E-state index contributed by atoms with van der Waals surface area (Å²) in [6, 6.07) is 5.09. The summed E-state index contributed by atoms with van der Waals surface area (Å²) >= 11 is 0. The maximum absolute atomic E-state index is 12.2. The molecule has 2 rings (SSSR count). The molecule has 0 fully saturated rings. The van der Waals surface area contributed by atoms with Gasteiger partial charge in [0, 0.05) is 30.4 Å². The summed E-state index contributed by atoms with van der Waals surface area (Å²) in [6.07, 6.45) is 3.62. The van der Waals surface area contributed by atoms with Crippen molar-refractivity contribution < 1.29 is 9.59 Å². The summed E-state index contributed by atoms with van der Waals surface area (Å²) < 4.78 is 1.83. The molecule has 0 aliphatic rings. The number of nitrogens with one attached hydrogen (secondary N) is 2. The monoisotopic (exact) mass is 329 g/mol. The number of hydrogen-bond acceptors (Lipinski definition) is 4. The predicted octanol–water partition coefficient (Wildman–Crippen LogP) is 1.93. The first kappa shape index (κ1) is 17.7. The van der Waals surface area contributed by atoms with E-state index >= 15 is 0 Å². The van der Waals surface area contributed by atoms with Gasteiger partial charge in [0.15, 0.2) is 0 Å². The Bertz CT molecular complexity index is 721. The number of pyridine rings is 1. The standard InChI is InChI=1S/C17H23N5O2/c1-11(2)20-17(24)15-7-5-6-14(21-15)16(23)18-8-13-9-19-22(10-13)12(3)4/h5-7,9-12H,8H2,1-4H3,(H,18,23)(H,20,24). The number of hydrogen-bond donors (Lipinski definition) is 2. The molecule has 0 saturated heterocycles. The van der Waals surface area contributed by atoms with Gasteiger partial charge in [0.1, 0.15) is 11.4 Å². The molecule has 2 heterocycles. The first-order valence-electron chi connectivity index (χ1n) is 7.96. The highest BCUT2D eigenvalue weighted by molar-refractivity contribution is 5.96. The van der Waals surface area contributed by atoms with Crippen molar-refractivity contribution in [2.75, 3.05) is 0 Å². The quantitative estimate of drug-likeness (QED) is 0.847. The van der Waals surface area contributed by atoms with Crippen molar-refractivity contribution in [3.05, 3.63) is 47.5 Å². The van der Waals surface area contributed by atoms with Gasteiger partial charge >= 0.3 is 0 Å². The molecule has 2 aromatic rings. The summed E-state index contributed by atoms with van der Waals surface area (Å²) in [7, 11) is 0. The molecule has 0 saturated carbocycles. The Morgan fingerprint density at radius 3 is 2.38 bits per heavy atom. The van der Waals surface area contributed by atoms with Crippen LogP contribution in [0.1, 0.15) is 60.3 Å². The van der Waals surface area contributed by atoms with E-state index in [1.54, 1.807) is 24.4 Å². The molecule has 7 heteroatoms. The molecule has 0 aliphatic carbocycles. The van der Waals surface area contributed by atoms with Crippen molar-refractivity contribution in [3.63, 3.8) is 0 Å². The molecule has 7 nitrogen and oxygen atoms in total. The summed E-state index contributed by atoms with van der Waals surface area (Å²) in [4.78, 5) is 28.3. The third-order valence-corrected chi connectivity index (χ3v) is 3.27. The first-order valence-corrected chi connectivity index (χ1v) is 7.96. The van der Waals surface area contributed by atoms with Crippen LogP contribution in [0.4, 0.5) is 0 Å². The lowest BCUT2D eigenvalue weighted by molar-refractivity contribution is 0.0936. The Labute approximate surface area is 141 Å². The topological polar surface area (TPSA) is 88.9 Å². The van der Waals surface area contributed by atoms with Crippen molar-refractivity contribution in [2.45, 2.75) is 46.3 Å². The molecule has 0 bridgehead atoms. The van der Waals surface area contributed by atoms with Crippen LogP contribution in [0.15, 0.2) is 30.6 Å². The maximum atomic E-state index is 12.2. The van der Waals surface area contributed by atoms with E-state index in [4.69, 9.17) is 0 Å². The second-order valence-corrected chi connectivity index (χ2v) is 6.14. The molecule has 2 amide bonds. The fourth-order valence-electron chi connectivity index (χ4n) is 2.05. The van der Waals surface area contributed by atoms with E-state index in [2.05, 4.69) is 20.7 Å². The Hall–Kier alpha value is -2.70. The average molecular weight is 329 g/mol. The lowest BCUT2D eigenvalue weighted by Gasteiger charge is -2.09. The molecular formula is C17H23N5O2. The van der Waals surface area contributed by atoms with Gasteiger partial charge in [0.2, 0.25) is 0 Å². The van der Waals surface area contributed by atoms with Crippen LogP contribution in [-0.4, -0.2) is 32.6 Å². The molecular weight excluding hydrogens is 306 g/mol. The van der Waals surface area contributed by atoms with Crippen LogP contribution in [0, 0.1) is 0 Å². The molecule has 0 spiro atoms. The smallest absolute Gasteiger partial charge is 0.270 e. The minimum Gasteiger partial charge on any atom is -0.349 e. The molecule has 128 valence electrons. The largest absolute Gasteiger partial charge is 0.349 e. The van der Waals surface area contributed by atoms with Crippen LogP contribution in [0.2, 0.25) is 0 Å². The number of amides is 2. The van der Waals surface area contributed by atoms with Gasteiger partial charge in [-0.15, -0.1) is 0 Å². The Morgan fingerprint density at radius 1 is 1.12 bits per heavy atom. The van der Waals surface area contributed by atoms with Gasteiger partial charge in [-0.2, -0.15) is 5.10 Å². The van der Waals surface area contributed by atoms with Crippen molar-refractivity contribution in [3.8, 4) is 0 Å². The molecule has 2 aromatic heterocycles. The fraction of sp³-hybridized carbons (Fsp3) is 0.412. The van der Waals surface area contributed by atoms with Crippen LogP contribution in [0.25, 0.3) is 0 Å². The molecule has 0 unspecified atom stereocenters. The second-order valence-electron chi connectivity index (χ2n) is 6.14. The van der Waals surface area contributed by atoms with Gasteiger partial charge in [-0.25, -0.2) is 4.98 Å². The van der Waals surface area contributed by atoms with E-state index in [1.807, 2.05) is 38.6 Å². The maximum Gasteiger partial charge on any atom is 0.270 e. The number of carbonyl (C=O) groups excluding carboxylic acids is 2. The lowest BCUT2D eigenvalue weighted by atomic mass is 10.2. The SMILES string of the molecule is CC(C)NC(=O)c1cccc(C(=O)NCc2cnn(C(C)C)c2)n1. The summed E-state index contributed by atoms with van der Waals surface area (Å²) in [5.74, 6) is -0.621. The van der Waals surface area contributed by atoms with Crippen molar-refractivity contribution in [1.82, 2.24) is 25.4 Å². The van der Waals surface area contributed by atoms with Crippen molar-refractivity contribution in [2.24, 2.45) is 0 Å². The predicted molar refractivity (Wildman–Crippen MR) is 90.6 cm³/mol. The number of nitrogens with zero attached hydrogens (tertiary/aromatic N) is 3. The Balaban J connectivity index is 2.00. The fourth-order valence-corrected chi connectivity index (χ4v) is 2.05. The molecule has 24 heavy (non-hydrogen) atoms. The molecule has 0 aliphatic heterocycles. The van der Waals surface area contributed by atoms with Crippen molar-refractivity contribution in [1.29, 1.82) is 0 Å². The van der Waals surface area contributed by atoms with Crippen LogP contribution in [0.3, 0.4) is 0 Å². The zero-order valence-electron chi connectivity index (χ0n) is 14.4. The van der Waals surface area contributed by atoms with Crippen LogP contribution in [0.5, 0.6) is 0 Å². The molecule has 0 atom stereocenters. The molecule has 0 aromatic carbocycles. The normalized spacial score (nSPS) is 10.9. The van der Waals surface area contributed by atoms with E-state index in [0.717, 1.165) is 5.56 Å². The number of rotatable bonds is 6. The number of aromatic nitrogens is 3. The Kier molecular flexibility index (Phi) is 5.68. The first-order chi connectivity index (χ1) is 11.4. The molecule has 0 radical (unpaired) electrons. The average Bonchev–Trinajstić information content (AvgIpc) is 3.01. The third kappa shape index (κ3) is 4.65. The molecule has 2 N–H and O–H groups in total. The lowest BCUT2D eigenvalue weighted by Crippen LogP contribution is -2.31. The van der Waals surface area contributed by atoms with E-state index in [1.165, 1.54) is 0 Å². The van der Waals surface area contributed by atoms with Crippen LogP contribution in [-0.2, 0) is 6.54 Å². The minimum absolute atomic E-state index is 0.00859. The minimum atomic E-state index is -0.327. The highest BCUT2D eigenvalue weighted by Crippen LogP contribution is 2.06. The van der Waals surface area contributed by atoms with Gasteiger partial charge in [0.05, 0.1) is 6.20 Å². The number of carbonyl (C=O) groups is 2. The van der Waals surface area contributed by atoms with Gasteiger partial charge in [0.25, 0.3) is 11.8 Å². The van der Waals surface area contributed by atoms with E-state index in [0.29, 0.717) is 6.54 Å². The zero-order valence-corrected chi connectivity index (χ0v) is 14.4. The van der Waals surface area contributed by atoms with Crippen LogP contribution >= 0.6 is 0 Å². The van der Waals surface area contributed by atoms with E-state index in [9.17, 15) is 9.59 Å². The van der Waals surface area contributed by atoms with E-state index < -0.39 is 0 Å². The van der Waals surface area contributed by atoms with Gasteiger partial charge in [-0.05, 0) is 39.8 Å². The highest BCUT2D eigenvalue weighted by atomic mass is 16.2. The van der Waals surface area contributed by atoms with Gasteiger partial charge in [-0.3, -0.25) is 14.3 Å².